The molecule has 5 heteroatoms. The molecule has 1 aromatic heterocycles. The highest BCUT2D eigenvalue weighted by molar-refractivity contribution is 6.31. The maximum absolute atomic E-state index is 12.8. The minimum absolute atomic E-state index is 0.232. The van der Waals surface area contributed by atoms with Crippen molar-refractivity contribution >= 4 is 34.2 Å². The SMILES string of the molecule is O=C(Nc1cccc(Cl)c1)c1ccc2nc(-c3ccccc3)c(-c3ccccc3)nc2c1. The first-order valence-corrected chi connectivity index (χ1v) is 10.5. The Morgan fingerprint density at radius 2 is 1.28 bits per heavy atom. The Bertz CT molecular complexity index is 1420. The van der Waals surface area contributed by atoms with Gasteiger partial charge in [0.1, 0.15) is 0 Å². The quantitative estimate of drug-likeness (QED) is 0.335. The molecule has 0 bridgehead atoms. The van der Waals surface area contributed by atoms with Crippen LogP contribution in [0.2, 0.25) is 5.02 Å². The van der Waals surface area contributed by atoms with Gasteiger partial charge in [0, 0.05) is 27.4 Å². The molecular formula is C27H18ClN3O. The summed E-state index contributed by atoms with van der Waals surface area (Å²) in [7, 11) is 0. The van der Waals surface area contributed by atoms with E-state index in [0.717, 1.165) is 28.0 Å². The molecule has 1 heterocycles. The number of nitrogens with one attached hydrogen (secondary N) is 1. The minimum atomic E-state index is -0.232. The lowest BCUT2D eigenvalue weighted by atomic mass is 10.0. The summed E-state index contributed by atoms with van der Waals surface area (Å²) in [6.45, 7) is 0. The highest BCUT2D eigenvalue weighted by atomic mass is 35.5. The molecular weight excluding hydrogens is 418 g/mol. The average Bonchev–Trinajstić information content (AvgIpc) is 2.84. The van der Waals surface area contributed by atoms with Crippen molar-refractivity contribution in [1.82, 2.24) is 9.97 Å². The number of amides is 1. The molecule has 1 N–H and O–H groups in total. The largest absolute Gasteiger partial charge is 0.322 e. The fourth-order valence-electron chi connectivity index (χ4n) is 3.56. The number of rotatable bonds is 4. The molecule has 0 aliphatic heterocycles. The summed E-state index contributed by atoms with van der Waals surface area (Å²) in [5.74, 6) is -0.232. The highest BCUT2D eigenvalue weighted by Gasteiger charge is 2.15. The number of anilines is 1. The van der Waals surface area contributed by atoms with Crippen molar-refractivity contribution in [2.24, 2.45) is 0 Å². The minimum Gasteiger partial charge on any atom is -0.322 e. The third-order valence-corrected chi connectivity index (χ3v) is 5.34. The lowest BCUT2D eigenvalue weighted by Gasteiger charge is -2.11. The van der Waals surface area contributed by atoms with Crippen molar-refractivity contribution in [3.8, 4) is 22.5 Å². The van der Waals surface area contributed by atoms with Crippen molar-refractivity contribution in [3.05, 3.63) is 114 Å². The van der Waals surface area contributed by atoms with Crippen LogP contribution in [0, 0.1) is 0 Å². The Labute approximate surface area is 190 Å². The van der Waals surface area contributed by atoms with Crippen LogP contribution in [0.3, 0.4) is 0 Å². The zero-order valence-corrected chi connectivity index (χ0v) is 17.8. The third-order valence-electron chi connectivity index (χ3n) is 5.10. The molecule has 0 unspecified atom stereocenters. The predicted octanol–water partition coefficient (Wildman–Crippen LogP) is 6.87. The van der Waals surface area contributed by atoms with Gasteiger partial charge in [0.15, 0.2) is 0 Å². The van der Waals surface area contributed by atoms with Crippen LogP contribution < -0.4 is 5.32 Å². The maximum Gasteiger partial charge on any atom is 0.255 e. The highest BCUT2D eigenvalue weighted by Crippen LogP contribution is 2.31. The van der Waals surface area contributed by atoms with Gasteiger partial charge in [-0.05, 0) is 36.4 Å². The van der Waals surface area contributed by atoms with Crippen molar-refractivity contribution in [3.63, 3.8) is 0 Å². The Morgan fingerprint density at radius 3 is 1.91 bits per heavy atom. The summed E-state index contributed by atoms with van der Waals surface area (Å²) >= 11 is 6.02. The summed E-state index contributed by atoms with van der Waals surface area (Å²) in [5.41, 5.74) is 6.05. The zero-order chi connectivity index (χ0) is 21.9. The van der Waals surface area contributed by atoms with Crippen LogP contribution in [-0.4, -0.2) is 15.9 Å². The molecule has 1 amide bonds. The van der Waals surface area contributed by atoms with Crippen LogP contribution >= 0.6 is 11.6 Å². The summed E-state index contributed by atoms with van der Waals surface area (Å²) < 4.78 is 0. The summed E-state index contributed by atoms with van der Waals surface area (Å²) in [4.78, 5) is 22.6. The molecule has 0 radical (unpaired) electrons. The van der Waals surface area contributed by atoms with Crippen molar-refractivity contribution in [2.75, 3.05) is 5.32 Å². The van der Waals surface area contributed by atoms with Gasteiger partial charge in [0.25, 0.3) is 5.91 Å². The van der Waals surface area contributed by atoms with Crippen LogP contribution in [-0.2, 0) is 0 Å². The number of hydrogen-bond acceptors (Lipinski definition) is 3. The molecule has 0 atom stereocenters. The fraction of sp³-hybridized carbons (Fsp3) is 0. The van der Waals surface area contributed by atoms with Gasteiger partial charge in [-0.15, -0.1) is 0 Å². The Kier molecular flexibility index (Phi) is 5.36. The monoisotopic (exact) mass is 435 g/mol. The van der Waals surface area contributed by atoms with Gasteiger partial charge in [-0.2, -0.15) is 0 Å². The first-order chi connectivity index (χ1) is 15.7. The van der Waals surface area contributed by atoms with Crippen LogP contribution in [0.5, 0.6) is 0 Å². The van der Waals surface area contributed by atoms with Gasteiger partial charge in [-0.1, -0.05) is 78.3 Å². The molecule has 4 nitrogen and oxygen atoms in total. The number of aromatic nitrogens is 2. The first kappa shape index (κ1) is 19.9. The van der Waals surface area contributed by atoms with Crippen LogP contribution in [0.1, 0.15) is 10.4 Å². The number of carbonyl (C=O) groups excluding carboxylic acids is 1. The molecule has 4 aromatic carbocycles. The lowest BCUT2D eigenvalue weighted by molar-refractivity contribution is 0.102. The second-order valence-electron chi connectivity index (χ2n) is 7.32. The van der Waals surface area contributed by atoms with Crippen molar-refractivity contribution < 1.29 is 4.79 Å². The van der Waals surface area contributed by atoms with Gasteiger partial charge >= 0.3 is 0 Å². The zero-order valence-electron chi connectivity index (χ0n) is 17.0. The number of benzene rings is 4. The summed E-state index contributed by atoms with van der Waals surface area (Å²) in [6, 6.07) is 32.4. The number of nitrogens with zero attached hydrogens (tertiary/aromatic N) is 2. The topological polar surface area (TPSA) is 54.9 Å². The predicted molar refractivity (Wildman–Crippen MR) is 130 cm³/mol. The number of hydrogen-bond donors (Lipinski definition) is 1. The van der Waals surface area contributed by atoms with Gasteiger partial charge in [0.2, 0.25) is 0 Å². The molecule has 5 rings (SSSR count). The van der Waals surface area contributed by atoms with E-state index >= 15 is 0 Å². The van der Waals surface area contributed by atoms with E-state index in [1.165, 1.54) is 0 Å². The van der Waals surface area contributed by atoms with Gasteiger partial charge in [-0.25, -0.2) is 9.97 Å². The van der Waals surface area contributed by atoms with E-state index in [4.69, 9.17) is 21.6 Å². The molecule has 0 aliphatic rings. The van der Waals surface area contributed by atoms with Crippen molar-refractivity contribution in [1.29, 1.82) is 0 Å². The second kappa shape index (κ2) is 8.61. The Hall–Kier alpha value is -4.02. The second-order valence-corrected chi connectivity index (χ2v) is 7.76. The Morgan fingerprint density at radius 1 is 0.656 bits per heavy atom. The maximum atomic E-state index is 12.8. The smallest absolute Gasteiger partial charge is 0.255 e. The van der Waals surface area contributed by atoms with Crippen molar-refractivity contribution in [2.45, 2.75) is 0 Å². The standard InChI is InChI=1S/C27H18ClN3O/c28-21-12-7-13-22(17-21)29-27(32)20-14-15-23-24(16-20)31-26(19-10-5-2-6-11-19)25(30-23)18-8-3-1-4-9-18/h1-17H,(H,29,32). The molecule has 5 aromatic rings. The lowest BCUT2D eigenvalue weighted by Crippen LogP contribution is -2.12. The fourth-order valence-corrected chi connectivity index (χ4v) is 3.75. The first-order valence-electron chi connectivity index (χ1n) is 10.2. The van der Waals surface area contributed by atoms with Crippen LogP contribution in [0.15, 0.2) is 103 Å². The van der Waals surface area contributed by atoms with E-state index in [2.05, 4.69) is 5.32 Å². The molecule has 0 aliphatic carbocycles. The molecule has 154 valence electrons. The van der Waals surface area contributed by atoms with E-state index in [1.54, 1.807) is 36.4 Å². The van der Waals surface area contributed by atoms with E-state index in [-0.39, 0.29) is 5.91 Å². The van der Waals surface area contributed by atoms with Gasteiger partial charge < -0.3 is 5.32 Å². The molecule has 0 saturated heterocycles. The average molecular weight is 436 g/mol. The number of carbonyl (C=O) groups is 1. The third kappa shape index (κ3) is 4.09. The van der Waals surface area contributed by atoms with Crippen LogP contribution in [0.25, 0.3) is 33.5 Å². The number of fused-ring (bicyclic) bond motifs is 1. The van der Waals surface area contributed by atoms with E-state index in [0.29, 0.717) is 21.8 Å². The van der Waals surface area contributed by atoms with E-state index in [1.807, 2.05) is 66.7 Å². The molecule has 0 saturated carbocycles. The molecule has 32 heavy (non-hydrogen) atoms. The van der Waals surface area contributed by atoms with Gasteiger partial charge in [-0.3, -0.25) is 4.79 Å². The van der Waals surface area contributed by atoms with E-state index in [9.17, 15) is 4.79 Å². The van der Waals surface area contributed by atoms with E-state index < -0.39 is 0 Å². The molecule has 0 fully saturated rings. The molecule has 0 spiro atoms. The van der Waals surface area contributed by atoms with Crippen LogP contribution in [0.4, 0.5) is 5.69 Å². The normalized spacial score (nSPS) is 10.8. The van der Waals surface area contributed by atoms with Gasteiger partial charge in [0.05, 0.1) is 22.4 Å². The summed E-state index contributed by atoms with van der Waals surface area (Å²) in [6.07, 6.45) is 0. The summed E-state index contributed by atoms with van der Waals surface area (Å²) in [5, 5.41) is 3.44. The Balaban J connectivity index is 1.59. The number of halogens is 1.